The van der Waals surface area contributed by atoms with Gasteiger partial charge in [0.15, 0.2) is 0 Å². The Labute approximate surface area is 151 Å². The van der Waals surface area contributed by atoms with E-state index in [0.717, 1.165) is 23.1 Å². The van der Waals surface area contributed by atoms with Crippen molar-refractivity contribution < 1.29 is 4.79 Å². The smallest absolute Gasteiger partial charge is 0.256 e. The van der Waals surface area contributed by atoms with Crippen LogP contribution in [0.25, 0.3) is 0 Å². The van der Waals surface area contributed by atoms with Gasteiger partial charge in [-0.2, -0.15) is 0 Å². The molecule has 0 bridgehead atoms. The Morgan fingerprint density at radius 3 is 2.92 bits per heavy atom. The van der Waals surface area contributed by atoms with Gasteiger partial charge in [0.1, 0.15) is 5.82 Å². The van der Waals surface area contributed by atoms with Crippen molar-refractivity contribution in [3.05, 3.63) is 52.6 Å². The maximum atomic E-state index is 12.3. The van der Waals surface area contributed by atoms with Crippen molar-refractivity contribution in [3.8, 4) is 0 Å². The van der Waals surface area contributed by atoms with E-state index >= 15 is 0 Å². The Balaban J connectivity index is 1.69. The second kappa shape index (κ2) is 7.79. The van der Waals surface area contributed by atoms with E-state index in [0.29, 0.717) is 17.4 Å². The minimum Gasteiger partial charge on any atom is -0.367 e. The zero-order chi connectivity index (χ0) is 16.9. The summed E-state index contributed by atoms with van der Waals surface area (Å²) in [5.41, 5.74) is 1.75. The number of piperidine rings is 1. The van der Waals surface area contributed by atoms with E-state index in [1.807, 2.05) is 24.4 Å². The average molecular weight is 388 g/mol. The van der Waals surface area contributed by atoms with E-state index in [1.165, 1.54) is 19.3 Å². The van der Waals surface area contributed by atoms with Crippen molar-refractivity contribution in [2.45, 2.75) is 38.6 Å². The lowest BCUT2D eigenvalue weighted by Crippen LogP contribution is -2.39. The van der Waals surface area contributed by atoms with Crippen molar-refractivity contribution >= 4 is 33.3 Å². The molecule has 0 saturated carbocycles. The summed E-state index contributed by atoms with van der Waals surface area (Å²) in [5.74, 6) is 0.426. The monoisotopic (exact) mass is 387 g/mol. The van der Waals surface area contributed by atoms with Crippen LogP contribution in [0.4, 0.5) is 11.5 Å². The van der Waals surface area contributed by atoms with Crippen molar-refractivity contribution in [2.24, 2.45) is 0 Å². The number of nitrogens with one attached hydrogen (secondary N) is 1. The van der Waals surface area contributed by atoms with Crippen molar-refractivity contribution in [2.75, 3.05) is 16.8 Å². The van der Waals surface area contributed by atoms with E-state index in [-0.39, 0.29) is 5.91 Å². The molecule has 0 spiro atoms. The zero-order valence-electron chi connectivity index (χ0n) is 13.8. The summed E-state index contributed by atoms with van der Waals surface area (Å²) in [6.07, 6.45) is 6.81. The molecule has 1 N–H and O–H groups in total. The number of halogens is 1. The van der Waals surface area contributed by atoms with E-state index in [4.69, 9.17) is 0 Å². The summed E-state index contributed by atoms with van der Waals surface area (Å²) in [4.78, 5) is 19.1. The number of carbonyl (C=O) groups is 1. The molecule has 24 heavy (non-hydrogen) atoms. The number of amides is 1. The van der Waals surface area contributed by atoms with Gasteiger partial charge < -0.3 is 10.2 Å². The fourth-order valence-corrected chi connectivity index (χ4v) is 3.61. The number of hydrogen-bond acceptors (Lipinski definition) is 3. The van der Waals surface area contributed by atoms with E-state index in [9.17, 15) is 4.79 Å². The fraction of sp³-hybridized carbons (Fsp3) is 0.368. The maximum absolute atomic E-state index is 12.3. The molecule has 1 aliphatic rings. The molecular formula is C19H22BrN3O. The molecule has 1 saturated heterocycles. The normalized spacial score (nSPS) is 17.6. The Bertz CT molecular complexity index is 702. The average Bonchev–Trinajstić information content (AvgIpc) is 2.62. The van der Waals surface area contributed by atoms with Crippen molar-refractivity contribution in [3.63, 3.8) is 0 Å². The van der Waals surface area contributed by atoms with Gasteiger partial charge in [-0.15, -0.1) is 0 Å². The molecule has 1 amide bonds. The second-order valence-corrected chi connectivity index (χ2v) is 7.03. The van der Waals surface area contributed by atoms with Gasteiger partial charge in [-0.25, -0.2) is 4.98 Å². The maximum Gasteiger partial charge on any atom is 0.256 e. The van der Waals surface area contributed by atoms with Gasteiger partial charge >= 0.3 is 0 Å². The molecule has 1 aliphatic heterocycles. The molecule has 3 rings (SSSR count). The van der Waals surface area contributed by atoms with Crippen LogP contribution in [-0.4, -0.2) is 23.5 Å². The summed E-state index contributed by atoms with van der Waals surface area (Å²) in [5, 5.41) is 2.85. The van der Waals surface area contributed by atoms with Gasteiger partial charge in [0.2, 0.25) is 0 Å². The van der Waals surface area contributed by atoms with Crippen LogP contribution in [-0.2, 0) is 0 Å². The standard InChI is InChI=1S/C19H22BrN3O/c1-2-16-8-3-4-11-23(16)17-9-10-18(21-13-17)22-19(24)14-6-5-7-15(20)12-14/h5-7,9-10,12-13,16H,2-4,8,11H2,1H3,(H,21,22,24). The molecule has 4 nitrogen and oxygen atoms in total. The van der Waals surface area contributed by atoms with Gasteiger partial charge in [0.05, 0.1) is 11.9 Å². The van der Waals surface area contributed by atoms with Crippen LogP contribution in [0.3, 0.4) is 0 Å². The number of rotatable bonds is 4. The highest BCUT2D eigenvalue weighted by atomic mass is 79.9. The summed E-state index contributed by atoms with van der Waals surface area (Å²) in [6, 6.07) is 11.9. The lowest BCUT2D eigenvalue weighted by Gasteiger charge is -2.37. The first-order chi connectivity index (χ1) is 11.7. The second-order valence-electron chi connectivity index (χ2n) is 6.12. The molecule has 1 aromatic heterocycles. The first-order valence-corrected chi connectivity index (χ1v) is 9.26. The predicted octanol–water partition coefficient (Wildman–Crippen LogP) is 4.87. The van der Waals surface area contributed by atoms with Crippen molar-refractivity contribution in [1.29, 1.82) is 0 Å². The third kappa shape index (κ3) is 3.96. The highest BCUT2D eigenvalue weighted by molar-refractivity contribution is 9.10. The lowest BCUT2D eigenvalue weighted by molar-refractivity contribution is 0.102. The van der Waals surface area contributed by atoms with E-state index in [2.05, 4.69) is 44.1 Å². The number of nitrogens with zero attached hydrogens (tertiary/aromatic N) is 2. The number of hydrogen-bond donors (Lipinski definition) is 1. The first-order valence-electron chi connectivity index (χ1n) is 8.47. The minimum atomic E-state index is -0.152. The largest absolute Gasteiger partial charge is 0.367 e. The molecule has 0 aliphatic carbocycles. The molecule has 126 valence electrons. The molecule has 1 unspecified atom stereocenters. The first kappa shape index (κ1) is 17.0. The number of benzene rings is 1. The molecule has 1 aromatic carbocycles. The van der Waals surface area contributed by atoms with Gasteiger partial charge in [-0.05, 0) is 56.0 Å². The van der Waals surface area contributed by atoms with Gasteiger partial charge in [-0.1, -0.05) is 28.9 Å². The van der Waals surface area contributed by atoms with Crippen LogP contribution in [0, 0.1) is 0 Å². The van der Waals surface area contributed by atoms with Crippen LogP contribution in [0.5, 0.6) is 0 Å². The Morgan fingerprint density at radius 1 is 1.33 bits per heavy atom. The lowest BCUT2D eigenvalue weighted by atomic mass is 9.99. The van der Waals surface area contributed by atoms with Crippen LogP contribution in [0.2, 0.25) is 0 Å². The topological polar surface area (TPSA) is 45.2 Å². The molecule has 0 radical (unpaired) electrons. The van der Waals surface area contributed by atoms with Crippen LogP contribution >= 0.6 is 15.9 Å². The minimum absolute atomic E-state index is 0.152. The van der Waals surface area contributed by atoms with Gasteiger partial charge in [0, 0.05) is 22.6 Å². The van der Waals surface area contributed by atoms with Crippen molar-refractivity contribution in [1.82, 2.24) is 4.98 Å². The molecule has 2 heterocycles. The summed E-state index contributed by atoms with van der Waals surface area (Å²) in [6.45, 7) is 3.33. The molecule has 1 atom stereocenters. The molecule has 5 heteroatoms. The molecule has 1 fully saturated rings. The Hall–Kier alpha value is -1.88. The number of anilines is 2. The molecular weight excluding hydrogens is 366 g/mol. The third-order valence-electron chi connectivity index (χ3n) is 4.51. The molecule has 2 aromatic rings. The number of pyridine rings is 1. The zero-order valence-corrected chi connectivity index (χ0v) is 15.4. The van der Waals surface area contributed by atoms with E-state index in [1.54, 1.807) is 12.1 Å². The summed E-state index contributed by atoms with van der Waals surface area (Å²) in [7, 11) is 0. The highest BCUT2D eigenvalue weighted by Gasteiger charge is 2.21. The van der Waals surface area contributed by atoms with Crippen LogP contribution in [0.1, 0.15) is 43.0 Å². The predicted molar refractivity (Wildman–Crippen MR) is 102 cm³/mol. The van der Waals surface area contributed by atoms with Gasteiger partial charge in [-0.3, -0.25) is 4.79 Å². The number of aromatic nitrogens is 1. The number of carbonyl (C=O) groups excluding carboxylic acids is 1. The Kier molecular flexibility index (Phi) is 5.51. The Morgan fingerprint density at radius 2 is 2.21 bits per heavy atom. The summed E-state index contributed by atoms with van der Waals surface area (Å²) >= 11 is 3.38. The summed E-state index contributed by atoms with van der Waals surface area (Å²) < 4.78 is 0.883. The fourth-order valence-electron chi connectivity index (χ4n) is 3.21. The van der Waals surface area contributed by atoms with Gasteiger partial charge in [0.25, 0.3) is 5.91 Å². The third-order valence-corrected chi connectivity index (χ3v) is 5.00. The quantitative estimate of drug-likeness (QED) is 0.813. The SMILES string of the molecule is CCC1CCCCN1c1ccc(NC(=O)c2cccc(Br)c2)nc1. The van der Waals surface area contributed by atoms with Crippen LogP contribution in [0.15, 0.2) is 47.1 Å². The van der Waals surface area contributed by atoms with E-state index < -0.39 is 0 Å². The highest BCUT2D eigenvalue weighted by Crippen LogP contribution is 2.26. The van der Waals surface area contributed by atoms with Crippen LogP contribution < -0.4 is 10.2 Å².